The third-order valence-electron chi connectivity index (χ3n) is 10.4. The summed E-state index contributed by atoms with van der Waals surface area (Å²) >= 11 is 0. The number of carbonyl (C=O) groups excluding carboxylic acids is 5. The van der Waals surface area contributed by atoms with Crippen LogP contribution in [0.4, 0.5) is 24.7 Å². The molecular formula is C44H41F3N6O5. The summed E-state index contributed by atoms with van der Waals surface area (Å²) in [5.41, 5.74) is 2.85. The van der Waals surface area contributed by atoms with Crippen LogP contribution in [0.1, 0.15) is 93.8 Å². The zero-order valence-electron chi connectivity index (χ0n) is 31.6. The van der Waals surface area contributed by atoms with Gasteiger partial charge in [0.2, 0.25) is 11.8 Å². The van der Waals surface area contributed by atoms with Gasteiger partial charge in [0.05, 0.1) is 28.4 Å². The van der Waals surface area contributed by atoms with E-state index in [1.807, 2.05) is 43.3 Å². The molecule has 4 N–H and O–H groups in total. The number of hydrogen-bond acceptors (Lipinski definition) is 8. The minimum Gasteiger partial charge on any atom is -0.384 e. The first kappa shape index (κ1) is 39.7. The number of pyridine rings is 1. The summed E-state index contributed by atoms with van der Waals surface area (Å²) in [5.74, 6) is -1.74. The smallest absolute Gasteiger partial charge is 0.384 e. The van der Waals surface area contributed by atoms with Crippen LogP contribution in [0.3, 0.4) is 0 Å². The number of fused-ring (bicyclic) bond motifs is 2. The molecule has 0 spiro atoms. The summed E-state index contributed by atoms with van der Waals surface area (Å²) in [6.45, 7) is 3.13. The average Bonchev–Trinajstić information content (AvgIpc) is 3.47. The first-order valence-corrected chi connectivity index (χ1v) is 19.2. The molecule has 2 aliphatic heterocycles. The van der Waals surface area contributed by atoms with Crippen molar-refractivity contribution in [2.24, 2.45) is 0 Å². The van der Waals surface area contributed by atoms with Crippen LogP contribution >= 0.6 is 0 Å². The van der Waals surface area contributed by atoms with Gasteiger partial charge in [-0.2, -0.15) is 13.2 Å². The molecule has 5 aromatic rings. The largest absolute Gasteiger partial charge is 0.416 e. The van der Waals surface area contributed by atoms with Crippen molar-refractivity contribution in [2.45, 2.75) is 63.7 Å². The van der Waals surface area contributed by atoms with Crippen LogP contribution in [-0.2, 0) is 15.8 Å². The highest BCUT2D eigenvalue weighted by molar-refractivity contribution is 6.25. The van der Waals surface area contributed by atoms with Gasteiger partial charge < -0.3 is 16.0 Å². The third-order valence-corrected chi connectivity index (χ3v) is 10.4. The number of anilines is 2. The molecule has 4 aromatic carbocycles. The lowest BCUT2D eigenvalue weighted by Crippen LogP contribution is -2.54. The van der Waals surface area contributed by atoms with Crippen molar-refractivity contribution in [2.75, 3.05) is 23.7 Å². The van der Waals surface area contributed by atoms with Gasteiger partial charge in [-0.1, -0.05) is 61.4 Å². The number of nitrogens with zero attached hydrogens (tertiary/aromatic N) is 2. The van der Waals surface area contributed by atoms with E-state index in [4.69, 9.17) is 4.98 Å². The molecule has 1 aromatic heterocycles. The van der Waals surface area contributed by atoms with E-state index in [0.717, 1.165) is 59.1 Å². The molecule has 0 saturated carbocycles. The lowest BCUT2D eigenvalue weighted by Gasteiger charge is -2.27. The second kappa shape index (κ2) is 16.9. The van der Waals surface area contributed by atoms with Gasteiger partial charge in [0.1, 0.15) is 11.9 Å². The van der Waals surface area contributed by atoms with Crippen molar-refractivity contribution in [1.29, 1.82) is 0 Å². The van der Waals surface area contributed by atoms with Crippen LogP contribution in [-0.4, -0.2) is 58.6 Å². The van der Waals surface area contributed by atoms with Crippen LogP contribution in [0, 0.1) is 0 Å². The highest BCUT2D eigenvalue weighted by atomic mass is 19.4. The molecular weight excluding hydrogens is 750 g/mol. The Bertz CT molecular complexity index is 2400. The molecule has 3 heterocycles. The number of carbonyl (C=O) groups is 5. The fourth-order valence-corrected chi connectivity index (χ4v) is 7.37. The molecule has 5 amide bonds. The molecule has 0 aliphatic carbocycles. The summed E-state index contributed by atoms with van der Waals surface area (Å²) < 4.78 is 39.2. The van der Waals surface area contributed by atoms with Gasteiger partial charge in [0, 0.05) is 30.8 Å². The lowest BCUT2D eigenvalue weighted by molar-refractivity contribution is -0.138. The number of hydrogen-bond donors (Lipinski definition) is 4. The van der Waals surface area contributed by atoms with E-state index in [9.17, 15) is 37.1 Å². The fraction of sp³-hybridized carbons (Fsp3) is 0.273. The summed E-state index contributed by atoms with van der Waals surface area (Å²) in [6.07, 6.45) is -0.687. The maximum absolute atomic E-state index is 13.3. The van der Waals surface area contributed by atoms with E-state index in [0.29, 0.717) is 41.4 Å². The van der Waals surface area contributed by atoms with E-state index in [2.05, 4.69) is 21.3 Å². The predicted molar refractivity (Wildman–Crippen MR) is 213 cm³/mol. The summed E-state index contributed by atoms with van der Waals surface area (Å²) in [6, 6.07) is 25.0. The first-order valence-electron chi connectivity index (χ1n) is 19.2. The van der Waals surface area contributed by atoms with Crippen molar-refractivity contribution in [3.63, 3.8) is 0 Å². The first-order chi connectivity index (χ1) is 27.9. The highest BCUT2D eigenvalue weighted by Crippen LogP contribution is 2.35. The standard InChI is InChI=1S/C44H41F3N6O5/c1-26(50-40(55)29-17-20-32-28(25-29)9-6-10-31(32)27-15-18-30(19-16-27)44(45,46)47)34-12-8-14-37(51-34)49-24-5-3-2-4-23-48-35-13-7-11-33-39(35)43(58)53(42(33)57)36-21-22-38(54)52-41(36)56/h6-20,25-26,36,48H,2-5,21-24H2,1H3,(H,49,51)(H,50,55)(H,52,54,56)/t26-,36?/m0/s1. The predicted octanol–water partition coefficient (Wildman–Crippen LogP) is 7.90. The van der Waals surface area contributed by atoms with Crippen molar-refractivity contribution < 1.29 is 37.1 Å². The molecule has 2 atom stereocenters. The zero-order valence-corrected chi connectivity index (χ0v) is 31.6. The third kappa shape index (κ3) is 8.55. The molecule has 7 rings (SSSR count). The van der Waals surface area contributed by atoms with Crippen LogP contribution in [0.2, 0.25) is 0 Å². The zero-order chi connectivity index (χ0) is 41.0. The Balaban J connectivity index is 0.855. The van der Waals surface area contributed by atoms with Gasteiger partial charge in [-0.15, -0.1) is 0 Å². The molecule has 58 heavy (non-hydrogen) atoms. The molecule has 0 bridgehead atoms. The second-order valence-electron chi connectivity index (χ2n) is 14.4. The number of aromatic nitrogens is 1. The Kier molecular flexibility index (Phi) is 11.5. The fourth-order valence-electron chi connectivity index (χ4n) is 7.37. The van der Waals surface area contributed by atoms with Crippen LogP contribution in [0.15, 0.2) is 97.1 Å². The number of benzene rings is 4. The Morgan fingerprint density at radius 2 is 1.53 bits per heavy atom. The number of halogens is 3. The van der Waals surface area contributed by atoms with Crippen molar-refractivity contribution >= 4 is 51.8 Å². The average molecular weight is 791 g/mol. The number of piperidine rings is 1. The molecule has 298 valence electrons. The molecule has 1 saturated heterocycles. The van der Waals surface area contributed by atoms with Gasteiger partial charge in [0.15, 0.2) is 0 Å². The summed E-state index contributed by atoms with van der Waals surface area (Å²) in [5, 5.41) is 13.4. The van der Waals surface area contributed by atoms with Gasteiger partial charge in [0.25, 0.3) is 17.7 Å². The quantitative estimate of drug-likeness (QED) is 0.0656. The monoisotopic (exact) mass is 790 g/mol. The lowest BCUT2D eigenvalue weighted by atomic mass is 9.96. The van der Waals surface area contributed by atoms with Crippen molar-refractivity contribution in [1.82, 2.24) is 20.5 Å². The minimum atomic E-state index is -4.41. The Labute approximate surface area is 332 Å². The highest BCUT2D eigenvalue weighted by Gasteiger charge is 2.45. The Morgan fingerprint density at radius 1 is 0.828 bits per heavy atom. The SMILES string of the molecule is C[C@H](NC(=O)c1ccc2c(-c3ccc(C(F)(F)F)cc3)cccc2c1)c1cccc(NCCCCCCNc2cccc3c2C(=O)N(C2CCC(=O)NC2=O)C3=O)n1. The summed E-state index contributed by atoms with van der Waals surface area (Å²) in [4.78, 5) is 69.3. The summed E-state index contributed by atoms with van der Waals surface area (Å²) in [7, 11) is 0. The molecule has 14 heteroatoms. The number of rotatable bonds is 14. The van der Waals surface area contributed by atoms with E-state index in [1.165, 1.54) is 12.1 Å². The van der Waals surface area contributed by atoms with Gasteiger partial charge in [-0.25, -0.2) is 4.98 Å². The van der Waals surface area contributed by atoms with Gasteiger partial charge >= 0.3 is 6.18 Å². The van der Waals surface area contributed by atoms with Gasteiger partial charge in [-0.3, -0.25) is 34.2 Å². The van der Waals surface area contributed by atoms with E-state index >= 15 is 0 Å². The minimum absolute atomic E-state index is 0.0617. The van der Waals surface area contributed by atoms with Crippen LogP contribution in [0.5, 0.6) is 0 Å². The van der Waals surface area contributed by atoms with Crippen molar-refractivity contribution in [3.8, 4) is 11.1 Å². The van der Waals surface area contributed by atoms with Crippen LogP contribution in [0.25, 0.3) is 21.9 Å². The normalized spacial score (nSPS) is 15.9. The molecule has 1 fully saturated rings. The Morgan fingerprint density at radius 3 is 2.28 bits per heavy atom. The second-order valence-corrected chi connectivity index (χ2v) is 14.4. The van der Waals surface area contributed by atoms with Crippen LogP contribution < -0.4 is 21.3 Å². The molecule has 2 aliphatic rings. The molecule has 0 radical (unpaired) electrons. The Hall–Kier alpha value is -6.57. The number of nitrogens with one attached hydrogen (secondary N) is 4. The number of unbranched alkanes of at least 4 members (excludes halogenated alkanes) is 3. The maximum Gasteiger partial charge on any atom is 0.416 e. The maximum atomic E-state index is 13.3. The molecule has 1 unspecified atom stereocenters. The topological polar surface area (TPSA) is 150 Å². The van der Waals surface area contributed by atoms with Gasteiger partial charge in [-0.05, 0) is 96.6 Å². The van der Waals surface area contributed by atoms with E-state index in [1.54, 1.807) is 36.4 Å². The number of alkyl halides is 3. The number of amides is 5. The molecule has 11 nitrogen and oxygen atoms in total. The van der Waals surface area contributed by atoms with E-state index in [-0.39, 0.29) is 29.9 Å². The van der Waals surface area contributed by atoms with Crippen molar-refractivity contribution in [3.05, 3.63) is 125 Å². The van der Waals surface area contributed by atoms with E-state index < -0.39 is 47.5 Å². The number of imide groups is 2.